The molecule has 38 heavy (non-hydrogen) atoms. The smallest absolute Gasteiger partial charge is 0.473 e. The first-order chi connectivity index (χ1) is 17.8. The zero-order chi connectivity index (χ0) is 28.3. The van der Waals surface area contributed by atoms with E-state index in [-0.39, 0.29) is 5.82 Å². The number of hydrogen-bond donors (Lipinski definition) is 0. The topological polar surface area (TPSA) is 65.9 Å². The minimum Gasteiger partial charge on any atom is -0.473 e. The van der Waals surface area contributed by atoms with Crippen LogP contribution in [0.3, 0.4) is 0 Å². The second-order valence-electron chi connectivity index (χ2n) is 10.7. The van der Waals surface area contributed by atoms with Gasteiger partial charge >= 0.3 is 7.12 Å². The summed E-state index contributed by atoms with van der Waals surface area (Å²) >= 11 is 0. The summed E-state index contributed by atoms with van der Waals surface area (Å²) in [5.74, 6) is 0.865. The van der Waals surface area contributed by atoms with Crippen molar-refractivity contribution in [3.8, 4) is 11.3 Å². The lowest BCUT2D eigenvalue weighted by atomic mass is 9.77. The standard InChI is InChI=1S/C29H37BFN3O4/c1-11-25(38-29(6,7)8)34(19(2)37-28(3,4)5)27-26-22(23(18-32-27)30(35-9)36-10)15-16-24(33-26)20-13-12-14-21(31)17-20/h11-18H,2H2,1,3-10H3. The van der Waals surface area contributed by atoms with Gasteiger partial charge in [0.15, 0.2) is 17.6 Å². The largest absolute Gasteiger partial charge is 0.495 e. The molecule has 0 amide bonds. The summed E-state index contributed by atoms with van der Waals surface area (Å²) < 4.78 is 37.7. The van der Waals surface area contributed by atoms with Crippen molar-refractivity contribution < 1.29 is 23.2 Å². The Bertz CT molecular complexity index is 1330. The predicted molar refractivity (Wildman–Crippen MR) is 151 cm³/mol. The van der Waals surface area contributed by atoms with Gasteiger partial charge in [-0.3, -0.25) is 0 Å². The first-order valence-electron chi connectivity index (χ1n) is 12.4. The summed E-state index contributed by atoms with van der Waals surface area (Å²) in [4.78, 5) is 11.5. The number of fused-ring (bicyclic) bond motifs is 1. The summed E-state index contributed by atoms with van der Waals surface area (Å²) in [5, 5.41) is 0.739. The molecule has 0 aliphatic heterocycles. The number of anilines is 1. The second-order valence-corrected chi connectivity index (χ2v) is 10.7. The zero-order valence-electron chi connectivity index (χ0n) is 23.8. The number of allylic oxidation sites excluding steroid dienone is 1. The molecule has 9 heteroatoms. The maximum atomic E-state index is 14.1. The van der Waals surface area contributed by atoms with Crippen LogP contribution >= 0.6 is 0 Å². The lowest BCUT2D eigenvalue weighted by Crippen LogP contribution is -2.37. The summed E-state index contributed by atoms with van der Waals surface area (Å²) in [5.41, 5.74) is 1.35. The Balaban J connectivity index is 2.36. The zero-order valence-corrected chi connectivity index (χ0v) is 23.8. The third kappa shape index (κ3) is 6.91. The van der Waals surface area contributed by atoms with Gasteiger partial charge in [-0.05, 0) is 79.3 Å². The van der Waals surface area contributed by atoms with Gasteiger partial charge in [0.1, 0.15) is 22.5 Å². The van der Waals surface area contributed by atoms with Crippen LogP contribution in [0, 0.1) is 5.82 Å². The van der Waals surface area contributed by atoms with Crippen LogP contribution in [0.1, 0.15) is 48.5 Å². The molecule has 0 atom stereocenters. The molecule has 0 aliphatic rings. The average molecular weight is 521 g/mol. The first kappa shape index (κ1) is 29.1. The van der Waals surface area contributed by atoms with Crippen LogP contribution in [0.4, 0.5) is 10.2 Å². The fourth-order valence-electron chi connectivity index (χ4n) is 3.93. The molecule has 0 spiro atoms. The maximum Gasteiger partial charge on any atom is 0.495 e. The molecule has 0 radical (unpaired) electrons. The van der Waals surface area contributed by atoms with Crippen molar-refractivity contribution in [3.63, 3.8) is 0 Å². The minimum atomic E-state index is -0.671. The summed E-state index contributed by atoms with van der Waals surface area (Å²) in [6.07, 6.45) is 3.51. The number of aromatic nitrogens is 2. The fraction of sp³-hybridized carbons (Fsp3) is 0.379. The Morgan fingerprint density at radius 1 is 1.00 bits per heavy atom. The second kappa shape index (κ2) is 11.5. The molecular formula is C29H37BFN3O4. The van der Waals surface area contributed by atoms with E-state index in [1.165, 1.54) is 12.1 Å². The molecular weight excluding hydrogens is 484 g/mol. The summed E-state index contributed by atoms with van der Waals surface area (Å²) in [6.45, 7) is 17.8. The number of pyridine rings is 2. The van der Waals surface area contributed by atoms with Crippen molar-refractivity contribution >= 4 is 29.3 Å². The molecule has 0 aliphatic carbocycles. The third-order valence-electron chi connectivity index (χ3n) is 5.31. The van der Waals surface area contributed by atoms with E-state index in [1.807, 2.05) is 66.7 Å². The average Bonchev–Trinajstić information content (AvgIpc) is 2.83. The van der Waals surface area contributed by atoms with Crippen LogP contribution in [0.5, 0.6) is 0 Å². The van der Waals surface area contributed by atoms with E-state index in [1.54, 1.807) is 37.4 Å². The highest BCUT2D eigenvalue weighted by Crippen LogP contribution is 2.34. The molecule has 0 saturated carbocycles. The molecule has 2 heterocycles. The molecule has 0 saturated heterocycles. The molecule has 0 fully saturated rings. The summed E-state index contributed by atoms with van der Waals surface area (Å²) in [7, 11) is 2.45. The SMILES string of the molecule is C=C(OC(C)(C)C)N(C(=CC)OC(C)(C)C)c1ncc(B(OC)OC)c2ccc(-c3cccc(F)c3)nc12. The van der Waals surface area contributed by atoms with Gasteiger partial charge in [0.05, 0.1) is 5.69 Å². The van der Waals surface area contributed by atoms with Gasteiger partial charge in [-0.1, -0.05) is 18.2 Å². The van der Waals surface area contributed by atoms with E-state index in [9.17, 15) is 4.39 Å². The Kier molecular flexibility index (Phi) is 8.84. The number of halogens is 1. The Morgan fingerprint density at radius 2 is 1.66 bits per heavy atom. The van der Waals surface area contributed by atoms with Crippen molar-refractivity contribution in [1.29, 1.82) is 0 Å². The van der Waals surface area contributed by atoms with E-state index < -0.39 is 18.3 Å². The van der Waals surface area contributed by atoms with Crippen molar-refractivity contribution in [2.75, 3.05) is 19.1 Å². The molecule has 3 aromatic rings. The highest BCUT2D eigenvalue weighted by atomic mass is 19.1. The van der Waals surface area contributed by atoms with Gasteiger partial charge in [0, 0.05) is 36.8 Å². The fourth-order valence-corrected chi connectivity index (χ4v) is 3.93. The van der Waals surface area contributed by atoms with Crippen LogP contribution in [-0.2, 0) is 18.8 Å². The Labute approximate surface area is 225 Å². The van der Waals surface area contributed by atoms with Crippen LogP contribution in [-0.4, -0.2) is 42.5 Å². The maximum absolute atomic E-state index is 14.1. The monoisotopic (exact) mass is 521 g/mol. The Hall–Kier alpha value is -3.43. The van der Waals surface area contributed by atoms with Crippen LogP contribution in [0.2, 0.25) is 0 Å². The van der Waals surface area contributed by atoms with E-state index in [4.69, 9.17) is 28.8 Å². The van der Waals surface area contributed by atoms with Gasteiger partial charge < -0.3 is 18.8 Å². The van der Waals surface area contributed by atoms with E-state index in [0.717, 1.165) is 5.39 Å². The van der Waals surface area contributed by atoms with Gasteiger partial charge in [-0.25, -0.2) is 19.3 Å². The van der Waals surface area contributed by atoms with Crippen molar-refractivity contribution in [2.45, 2.75) is 59.7 Å². The van der Waals surface area contributed by atoms with Crippen LogP contribution < -0.4 is 10.4 Å². The van der Waals surface area contributed by atoms with E-state index >= 15 is 0 Å². The molecule has 0 bridgehead atoms. The molecule has 2 aromatic heterocycles. The molecule has 202 valence electrons. The van der Waals surface area contributed by atoms with E-state index in [0.29, 0.717) is 39.8 Å². The highest BCUT2D eigenvalue weighted by Gasteiger charge is 2.31. The molecule has 0 N–H and O–H groups in total. The van der Waals surface area contributed by atoms with Gasteiger partial charge in [-0.15, -0.1) is 0 Å². The summed E-state index contributed by atoms with van der Waals surface area (Å²) in [6, 6.07) is 10.0. The Morgan fingerprint density at radius 3 is 2.21 bits per heavy atom. The molecule has 1 aromatic carbocycles. The van der Waals surface area contributed by atoms with Crippen LogP contribution in [0.25, 0.3) is 22.2 Å². The minimum absolute atomic E-state index is 0.310. The van der Waals surface area contributed by atoms with Crippen molar-refractivity contribution in [2.24, 2.45) is 0 Å². The van der Waals surface area contributed by atoms with E-state index in [2.05, 4.69) is 6.58 Å². The number of ether oxygens (including phenoxy) is 2. The third-order valence-corrected chi connectivity index (χ3v) is 5.31. The molecule has 0 unspecified atom stereocenters. The number of nitrogens with zero attached hydrogens (tertiary/aromatic N) is 3. The molecule has 7 nitrogen and oxygen atoms in total. The lowest BCUT2D eigenvalue weighted by molar-refractivity contribution is 0.0254. The molecule has 3 rings (SSSR count). The quantitative estimate of drug-likeness (QED) is 0.246. The highest BCUT2D eigenvalue weighted by molar-refractivity contribution is 6.64. The first-order valence-corrected chi connectivity index (χ1v) is 12.4. The normalized spacial score (nSPS) is 12.4. The van der Waals surface area contributed by atoms with Gasteiger partial charge in [0.2, 0.25) is 0 Å². The number of rotatable bonds is 9. The van der Waals surface area contributed by atoms with Gasteiger partial charge in [0.25, 0.3) is 0 Å². The van der Waals surface area contributed by atoms with Crippen molar-refractivity contribution in [3.05, 3.63) is 72.8 Å². The van der Waals surface area contributed by atoms with Gasteiger partial charge in [-0.2, -0.15) is 0 Å². The van der Waals surface area contributed by atoms with Crippen molar-refractivity contribution in [1.82, 2.24) is 9.97 Å². The number of benzene rings is 1. The lowest BCUT2D eigenvalue weighted by Gasteiger charge is -2.35. The van der Waals surface area contributed by atoms with Crippen LogP contribution in [0.15, 0.2) is 67.0 Å². The number of hydrogen-bond acceptors (Lipinski definition) is 7. The predicted octanol–water partition coefficient (Wildman–Crippen LogP) is 6.19.